The average molecular weight is 409 g/mol. The Morgan fingerprint density at radius 1 is 1.21 bits per heavy atom. The molecular weight excluding hydrogens is 396 g/mol. The van der Waals surface area contributed by atoms with Gasteiger partial charge in [-0.25, -0.2) is 9.50 Å². The Labute approximate surface area is 169 Å². The van der Waals surface area contributed by atoms with Gasteiger partial charge >= 0.3 is 0 Å². The number of hydrogen-bond acceptors (Lipinski definition) is 6. The molecule has 0 aliphatic carbocycles. The number of benzene rings is 2. The molecule has 0 amide bonds. The number of rotatable bonds is 4. The lowest BCUT2D eigenvalue weighted by molar-refractivity contribution is -0.385. The highest BCUT2D eigenvalue weighted by molar-refractivity contribution is 6.30. The Hall–Kier alpha value is -3.78. The average Bonchev–Trinajstić information content (AvgIpc) is 3.11. The van der Waals surface area contributed by atoms with Crippen LogP contribution in [0.1, 0.15) is 21.5 Å². The lowest BCUT2D eigenvalue weighted by Gasteiger charge is -2.06. The highest BCUT2D eigenvalue weighted by atomic mass is 35.5. The van der Waals surface area contributed by atoms with E-state index in [0.717, 1.165) is 11.6 Å². The largest absolute Gasteiger partial charge is 0.507 e. The molecule has 8 nitrogen and oxygen atoms in total. The van der Waals surface area contributed by atoms with Crippen molar-refractivity contribution >= 4 is 28.7 Å². The maximum absolute atomic E-state index is 12.8. The van der Waals surface area contributed by atoms with Crippen LogP contribution in [0.25, 0.3) is 16.9 Å². The smallest absolute Gasteiger partial charge is 0.273 e. The zero-order chi connectivity index (χ0) is 20.7. The Kier molecular flexibility index (Phi) is 4.48. The number of aromatic hydroxyl groups is 1. The summed E-state index contributed by atoms with van der Waals surface area (Å²) in [5, 5.41) is 26.3. The van der Waals surface area contributed by atoms with Crippen LogP contribution in [0.3, 0.4) is 0 Å². The number of carbonyl (C=O) groups is 1. The highest BCUT2D eigenvalue weighted by Gasteiger charge is 2.21. The summed E-state index contributed by atoms with van der Waals surface area (Å²) < 4.78 is 1.44. The Bertz CT molecular complexity index is 1280. The summed E-state index contributed by atoms with van der Waals surface area (Å²) in [6.07, 6.45) is 2.81. The fraction of sp³-hybridized carbons (Fsp3) is 0.0500. The van der Waals surface area contributed by atoms with Gasteiger partial charge in [-0.05, 0) is 25.1 Å². The summed E-state index contributed by atoms with van der Waals surface area (Å²) in [7, 11) is 0. The number of nitro benzene ring substituents is 1. The SMILES string of the molecule is Cc1cc(O)c(C(=O)c2cnc3cc(-c4ccc(Cl)cc4)nn3c2)cc1[N+](=O)[O-]. The first-order valence-corrected chi connectivity index (χ1v) is 8.85. The molecule has 1 N–H and O–H groups in total. The van der Waals surface area contributed by atoms with E-state index in [1.165, 1.54) is 29.9 Å². The second-order valence-electron chi connectivity index (χ2n) is 6.42. The molecule has 0 atom stereocenters. The maximum Gasteiger partial charge on any atom is 0.273 e. The number of aryl methyl sites for hydroxylation is 1. The van der Waals surface area contributed by atoms with Gasteiger partial charge in [0.25, 0.3) is 5.69 Å². The van der Waals surface area contributed by atoms with Crippen LogP contribution in [-0.2, 0) is 0 Å². The van der Waals surface area contributed by atoms with Gasteiger partial charge in [0.2, 0.25) is 0 Å². The van der Waals surface area contributed by atoms with E-state index in [1.807, 2.05) is 12.1 Å². The van der Waals surface area contributed by atoms with Crippen LogP contribution >= 0.6 is 11.6 Å². The number of hydrogen-bond donors (Lipinski definition) is 1. The van der Waals surface area contributed by atoms with Crippen LogP contribution in [0.2, 0.25) is 5.02 Å². The van der Waals surface area contributed by atoms with Crippen molar-refractivity contribution in [3.05, 3.63) is 86.7 Å². The molecule has 0 aliphatic heterocycles. The van der Waals surface area contributed by atoms with Crippen molar-refractivity contribution in [2.45, 2.75) is 6.92 Å². The zero-order valence-corrected chi connectivity index (χ0v) is 15.8. The van der Waals surface area contributed by atoms with Gasteiger partial charge in [0, 0.05) is 40.7 Å². The molecule has 2 heterocycles. The number of halogens is 1. The van der Waals surface area contributed by atoms with Crippen LogP contribution in [0.15, 0.2) is 54.9 Å². The van der Waals surface area contributed by atoms with Crippen molar-refractivity contribution in [2.24, 2.45) is 0 Å². The second kappa shape index (κ2) is 6.99. The van der Waals surface area contributed by atoms with E-state index in [9.17, 15) is 20.0 Å². The van der Waals surface area contributed by atoms with E-state index < -0.39 is 10.7 Å². The predicted octanol–water partition coefficient (Wildman–Crippen LogP) is 4.20. The molecule has 0 aliphatic rings. The molecule has 2 aromatic carbocycles. The van der Waals surface area contributed by atoms with Crippen molar-refractivity contribution in [2.75, 3.05) is 0 Å². The topological polar surface area (TPSA) is 111 Å². The van der Waals surface area contributed by atoms with Crippen molar-refractivity contribution in [1.82, 2.24) is 14.6 Å². The normalized spacial score (nSPS) is 11.0. The van der Waals surface area contributed by atoms with Gasteiger partial charge in [-0.2, -0.15) is 5.10 Å². The van der Waals surface area contributed by atoms with Gasteiger partial charge < -0.3 is 5.11 Å². The number of phenolic OH excluding ortho intramolecular Hbond substituents is 1. The summed E-state index contributed by atoms with van der Waals surface area (Å²) in [5.74, 6) is -0.927. The van der Waals surface area contributed by atoms with E-state index >= 15 is 0 Å². The molecule has 0 bridgehead atoms. The Morgan fingerprint density at radius 2 is 1.93 bits per heavy atom. The molecule has 2 aromatic heterocycles. The number of phenols is 1. The van der Waals surface area contributed by atoms with Gasteiger partial charge in [0.15, 0.2) is 11.4 Å². The fourth-order valence-corrected chi connectivity index (χ4v) is 3.10. The van der Waals surface area contributed by atoms with Crippen LogP contribution in [0, 0.1) is 17.0 Å². The van der Waals surface area contributed by atoms with Gasteiger partial charge in [0.05, 0.1) is 21.7 Å². The number of ketones is 1. The van der Waals surface area contributed by atoms with Crippen LogP contribution in [0.5, 0.6) is 5.75 Å². The lowest BCUT2D eigenvalue weighted by Crippen LogP contribution is -2.06. The number of carbonyl (C=O) groups excluding carboxylic acids is 1. The number of nitro groups is 1. The molecule has 9 heteroatoms. The van der Waals surface area contributed by atoms with Crippen molar-refractivity contribution in [3.8, 4) is 17.0 Å². The second-order valence-corrected chi connectivity index (χ2v) is 6.86. The monoisotopic (exact) mass is 408 g/mol. The first-order valence-electron chi connectivity index (χ1n) is 8.47. The maximum atomic E-state index is 12.8. The van der Waals surface area contributed by atoms with Crippen LogP contribution in [0.4, 0.5) is 5.69 Å². The lowest BCUT2D eigenvalue weighted by atomic mass is 10.0. The molecule has 0 radical (unpaired) electrons. The first kappa shape index (κ1) is 18.6. The summed E-state index contributed by atoms with van der Waals surface area (Å²) in [5.41, 5.74) is 1.98. The molecule has 0 saturated heterocycles. The molecule has 29 heavy (non-hydrogen) atoms. The molecule has 0 fully saturated rings. The standard InChI is InChI=1S/C20H13ClN4O4/c1-11-6-18(26)15(7-17(11)25(28)29)20(27)13-9-22-19-8-16(23-24(19)10-13)12-2-4-14(21)5-3-12/h2-10,26H,1H3. The van der Waals surface area contributed by atoms with Crippen molar-refractivity contribution < 1.29 is 14.8 Å². The van der Waals surface area contributed by atoms with Gasteiger partial charge in [-0.1, -0.05) is 23.7 Å². The summed E-state index contributed by atoms with van der Waals surface area (Å²) >= 11 is 5.91. The predicted molar refractivity (Wildman–Crippen MR) is 106 cm³/mol. The van der Waals surface area contributed by atoms with Gasteiger partial charge in [-0.15, -0.1) is 0 Å². The Morgan fingerprint density at radius 3 is 2.62 bits per heavy atom. The first-order chi connectivity index (χ1) is 13.8. The third kappa shape index (κ3) is 3.41. The summed E-state index contributed by atoms with van der Waals surface area (Å²) in [6.45, 7) is 1.49. The molecule has 4 rings (SSSR count). The molecule has 4 aromatic rings. The highest BCUT2D eigenvalue weighted by Crippen LogP contribution is 2.29. The fourth-order valence-electron chi connectivity index (χ4n) is 2.97. The van der Waals surface area contributed by atoms with Gasteiger partial charge in [0.1, 0.15) is 5.75 Å². The van der Waals surface area contributed by atoms with E-state index in [4.69, 9.17) is 11.6 Å². The third-order valence-electron chi connectivity index (χ3n) is 4.47. The third-order valence-corrected chi connectivity index (χ3v) is 4.72. The van der Waals surface area contributed by atoms with Crippen LogP contribution in [-0.4, -0.2) is 30.4 Å². The van der Waals surface area contributed by atoms with E-state index in [1.54, 1.807) is 18.2 Å². The molecule has 144 valence electrons. The van der Waals surface area contributed by atoms with Crippen molar-refractivity contribution in [3.63, 3.8) is 0 Å². The Balaban J connectivity index is 1.75. The number of fused-ring (bicyclic) bond motifs is 1. The molecule has 0 saturated carbocycles. The van der Waals surface area contributed by atoms with E-state index in [-0.39, 0.29) is 28.1 Å². The van der Waals surface area contributed by atoms with Gasteiger partial charge in [-0.3, -0.25) is 14.9 Å². The molecule has 0 unspecified atom stereocenters. The summed E-state index contributed by atoms with van der Waals surface area (Å²) in [4.78, 5) is 27.6. The van der Waals surface area contributed by atoms with Crippen LogP contribution < -0.4 is 0 Å². The van der Waals surface area contributed by atoms with E-state index in [2.05, 4.69) is 10.1 Å². The summed E-state index contributed by atoms with van der Waals surface area (Å²) in [6, 6.07) is 11.2. The zero-order valence-electron chi connectivity index (χ0n) is 15.0. The minimum atomic E-state index is -0.598. The van der Waals surface area contributed by atoms with E-state index in [0.29, 0.717) is 16.4 Å². The van der Waals surface area contributed by atoms with Crippen molar-refractivity contribution in [1.29, 1.82) is 0 Å². The quantitative estimate of drug-likeness (QED) is 0.308. The minimum Gasteiger partial charge on any atom is -0.507 e. The molecule has 0 spiro atoms. The number of nitrogens with zero attached hydrogens (tertiary/aromatic N) is 4. The molecular formula is C20H13ClN4O4. The minimum absolute atomic E-state index is 0.136. The number of aromatic nitrogens is 3.